The van der Waals surface area contributed by atoms with Crippen LogP contribution in [0.3, 0.4) is 0 Å². The van der Waals surface area contributed by atoms with E-state index in [-0.39, 0.29) is 11.6 Å². The van der Waals surface area contributed by atoms with Gasteiger partial charge in [-0.25, -0.2) is 0 Å². The molecule has 19 heavy (non-hydrogen) atoms. The summed E-state index contributed by atoms with van der Waals surface area (Å²) < 4.78 is 0. The molecular weight excluding hydrogens is 240 g/mol. The molecule has 3 heteroatoms. The number of carbonyl (C=O) groups excluding carboxylic acids is 2. The molecule has 4 rings (SSSR count). The molecule has 0 amide bonds. The molecule has 2 aromatic rings. The van der Waals surface area contributed by atoms with Crippen molar-refractivity contribution in [3.63, 3.8) is 0 Å². The topological polar surface area (TPSA) is 54.4 Å². The van der Waals surface area contributed by atoms with Gasteiger partial charge in [0, 0.05) is 22.3 Å². The summed E-state index contributed by atoms with van der Waals surface area (Å²) in [5.41, 5.74) is 0.517. The van der Waals surface area contributed by atoms with Crippen molar-refractivity contribution in [1.29, 1.82) is 0 Å². The lowest BCUT2D eigenvalue weighted by Crippen LogP contribution is -2.33. The lowest BCUT2D eigenvalue weighted by atomic mass is 9.86. The lowest BCUT2D eigenvalue weighted by molar-refractivity contribution is 0.0373. The van der Waals surface area contributed by atoms with Crippen molar-refractivity contribution >= 4 is 11.6 Å². The second-order valence-electron chi connectivity index (χ2n) is 5.02. The van der Waals surface area contributed by atoms with Crippen LogP contribution in [0.2, 0.25) is 0 Å². The molecule has 0 heterocycles. The van der Waals surface area contributed by atoms with E-state index < -0.39 is 11.5 Å². The predicted molar refractivity (Wildman–Crippen MR) is 68.0 cm³/mol. The van der Waals surface area contributed by atoms with Crippen LogP contribution in [-0.2, 0) is 5.60 Å². The van der Waals surface area contributed by atoms with Gasteiger partial charge in [-0.05, 0) is 0 Å². The van der Waals surface area contributed by atoms with Gasteiger partial charge in [0.15, 0.2) is 11.6 Å². The first-order valence-corrected chi connectivity index (χ1v) is 6.15. The van der Waals surface area contributed by atoms with E-state index in [2.05, 4.69) is 0 Å². The molecule has 2 aliphatic rings. The van der Waals surface area contributed by atoms with Gasteiger partial charge in [0.2, 0.25) is 0 Å². The first-order valence-electron chi connectivity index (χ1n) is 6.15. The number of fused-ring (bicyclic) bond motifs is 5. The Bertz CT molecular complexity index is 686. The molecule has 0 bridgehead atoms. The Morgan fingerprint density at radius 1 is 0.789 bits per heavy atom. The number of benzene rings is 2. The fourth-order valence-corrected chi connectivity index (χ4v) is 3.33. The highest BCUT2D eigenvalue weighted by atomic mass is 16.3. The van der Waals surface area contributed by atoms with Gasteiger partial charge in [0.25, 0.3) is 0 Å². The fourth-order valence-electron chi connectivity index (χ4n) is 3.33. The molecule has 0 atom stereocenters. The first-order chi connectivity index (χ1) is 9.15. The van der Waals surface area contributed by atoms with Crippen LogP contribution in [0.4, 0.5) is 0 Å². The van der Waals surface area contributed by atoms with Crippen molar-refractivity contribution in [2.45, 2.75) is 5.60 Å². The summed E-state index contributed by atoms with van der Waals surface area (Å²) in [7, 11) is 0. The Morgan fingerprint density at radius 2 is 1.21 bits per heavy atom. The predicted octanol–water partition coefficient (Wildman–Crippen LogP) is 1.93. The van der Waals surface area contributed by atoms with E-state index in [0.29, 0.717) is 22.3 Å². The van der Waals surface area contributed by atoms with Crippen LogP contribution in [0.5, 0.6) is 0 Å². The first kappa shape index (κ1) is 10.6. The second kappa shape index (κ2) is 3.19. The normalized spacial score (nSPS) is 27.1. The maximum Gasteiger partial charge on any atom is 0.177 e. The van der Waals surface area contributed by atoms with E-state index in [1.165, 1.54) is 0 Å². The van der Waals surface area contributed by atoms with Crippen molar-refractivity contribution in [2.24, 2.45) is 5.92 Å². The summed E-state index contributed by atoms with van der Waals surface area (Å²) >= 11 is 0. The van der Waals surface area contributed by atoms with Crippen LogP contribution in [-0.4, -0.2) is 16.7 Å². The van der Waals surface area contributed by atoms with Gasteiger partial charge >= 0.3 is 0 Å². The summed E-state index contributed by atoms with van der Waals surface area (Å²) in [4.78, 5) is 24.8. The molecule has 92 valence electrons. The minimum absolute atomic E-state index is 0.278. The second-order valence-corrected chi connectivity index (χ2v) is 5.02. The Morgan fingerprint density at radius 3 is 1.68 bits per heavy atom. The van der Waals surface area contributed by atoms with Crippen LogP contribution in [0, 0.1) is 5.92 Å². The Labute approximate surface area is 109 Å². The van der Waals surface area contributed by atoms with Crippen molar-refractivity contribution < 1.29 is 14.7 Å². The van der Waals surface area contributed by atoms with E-state index >= 15 is 0 Å². The SMILES string of the molecule is O=C1c2ccccc2C2(O)c3ccccc3C(=O)C12. The number of hydrogen-bond acceptors (Lipinski definition) is 3. The van der Waals surface area contributed by atoms with Crippen LogP contribution in [0.25, 0.3) is 0 Å². The maximum absolute atomic E-state index is 12.4. The smallest absolute Gasteiger partial charge is 0.177 e. The van der Waals surface area contributed by atoms with Crippen molar-refractivity contribution in [3.05, 3.63) is 70.8 Å². The molecule has 0 saturated carbocycles. The van der Waals surface area contributed by atoms with Crippen molar-refractivity contribution in [2.75, 3.05) is 0 Å². The van der Waals surface area contributed by atoms with E-state index in [4.69, 9.17) is 0 Å². The van der Waals surface area contributed by atoms with Gasteiger partial charge in [0.1, 0.15) is 11.5 Å². The van der Waals surface area contributed by atoms with Gasteiger partial charge in [-0.2, -0.15) is 0 Å². The third-order valence-corrected chi connectivity index (χ3v) is 4.15. The third kappa shape index (κ3) is 1.03. The molecule has 0 saturated heterocycles. The zero-order chi connectivity index (χ0) is 13.2. The van der Waals surface area contributed by atoms with Gasteiger partial charge in [-0.3, -0.25) is 9.59 Å². The van der Waals surface area contributed by atoms with E-state index in [1.807, 2.05) is 0 Å². The number of hydrogen-bond donors (Lipinski definition) is 1. The minimum Gasteiger partial charge on any atom is -0.379 e. The summed E-state index contributed by atoms with van der Waals surface area (Å²) in [6, 6.07) is 13.8. The summed E-state index contributed by atoms with van der Waals surface area (Å²) in [5.74, 6) is -1.57. The van der Waals surface area contributed by atoms with Crippen LogP contribution >= 0.6 is 0 Å². The van der Waals surface area contributed by atoms with Gasteiger partial charge in [-0.1, -0.05) is 48.5 Å². The average Bonchev–Trinajstić information content (AvgIpc) is 2.82. The van der Waals surface area contributed by atoms with Crippen molar-refractivity contribution in [1.82, 2.24) is 0 Å². The Balaban J connectivity index is 2.12. The summed E-state index contributed by atoms with van der Waals surface area (Å²) in [5, 5.41) is 11.0. The highest BCUT2D eigenvalue weighted by molar-refractivity contribution is 6.23. The molecular formula is C16H10O3. The fraction of sp³-hybridized carbons (Fsp3) is 0.125. The molecule has 2 aromatic carbocycles. The number of ketones is 2. The maximum atomic E-state index is 12.4. The highest BCUT2D eigenvalue weighted by Crippen LogP contribution is 2.52. The molecule has 0 spiro atoms. The molecule has 3 nitrogen and oxygen atoms in total. The minimum atomic E-state index is -1.48. The lowest BCUT2D eigenvalue weighted by Gasteiger charge is -2.23. The summed E-state index contributed by atoms with van der Waals surface area (Å²) in [6.07, 6.45) is 0. The summed E-state index contributed by atoms with van der Waals surface area (Å²) in [6.45, 7) is 0. The molecule has 0 fully saturated rings. The van der Waals surface area contributed by atoms with Crippen LogP contribution < -0.4 is 0 Å². The monoisotopic (exact) mass is 250 g/mol. The quantitative estimate of drug-likeness (QED) is 0.727. The number of aliphatic hydroxyl groups is 1. The molecule has 1 N–H and O–H groups in total. The standard InChI is InChI=1S/C16H10O3/c17-14-9-5-1-3-7-11(9)16(19)12-8-4-2-6-10(12)15(18)13(14)16/h1-8,13,19H. The molecule has 0 aliphatic heterocycles. The Hall–Kier alpha value is -2.26. The number of rotatable bonds is 0. The van der Waals surface area contributed by atoms with Crippen LogP contribution in [0.15, 0.2) is 48.5 Å². The van der Waals surface area contributed by atoms with Crippen molar-refractivity contribution in [3.8, 4) is 0 Å². The van der Waals surface area contributed by atoms with Gasteiger partial charge < -0.3 is 5.11 Å². The molecule has 0 unspecified atom stereocenters. The average molecular weight is 250 g/mol. The molecule has 2 aliphatic carbocycles. The zero-order valence-electron chi connectivity index (χ0n) is 9.96. The van der Waals surface area contributed by atoms with E-state index in [1.54, 1.807) is 48.5 Å². The third-order valence-electron chi connectivity index (χ3n) is 4.15. The van der Waals surface area contributed by atoms with Gasteiger partial charge in [-0.15, -0.1) is 0 Å². The molecule has 0 radical (unpaired) electrons. The largest absolute Gasteiger partial charge is 0.379 e. The zero-order valence-corrected chi connectivity index (χ0v) is 9.96. The molecule has 0 aromatic heterocycles. The Kier molecular flexibility index (Phi) is 1.79. The number of Topliss-reactive ketones (excluding diaryl/α,β-unsaturated/α-hetero) is 2. The number of carbonyl (C=O) groups is 2. The highest BCUT2D eigenvalue weighted by Gasteiger charge is 2.60. The van der Waals surface area contributed by atoms with Gasteiger partial charge in [0.05, 0.1) is 0 Å². The van der Waals surface area contributed by atoms with Crippen LogP contribution in [0.1, 0.15) is 31.8 Å². The van der Waals surface area contributed by atoms with E-state index in [9.17, 15) is 14.7 Å². The van der Waals surface area contributed by atoms with E-state index in [0.717, 1.165) is 0 Å².